The van der Waals surface area contributed by atoms with Crippen LogP contribution in [0, 0.1) is 0 Å². The molecule has 230 valence electrons. The predicted octanol–water partition coefficient (Wildman–Crippen LogP) is 5.56. The van der Waals surface area contributed by atoms with E-state index in [0.717, 1.165) is 42.1 Å². The lowest BCUT2D eigenvalue weighted by Crippen LogP contribution is -2.41. The monoisotopic (exact) mass is 586 g/mol. The van der Waals surface area contributed by atoms with Crippen LogP contribution in [0.25, 0.3) is 0 Å². The number of carbonyl (C=O) groups is 2. The summed E-state index contributed by atoms with van der Waals surface area (Å²) in [4.78, 5) is 36.6. The summed E-state index contributed by atoms with van der Waals surface area (Å²) in [6.45, 7) is 10.5. The van der Waals surface area contributed by atoms with E-state index in [4.69, 9.17) is 9.47 Å². The topological polar surface area (TPSA) is 65.6 Å². The minimum Gasteiger partial charge on any atom is -0.496 e. The first kappa shape index (κ1) is 32.0. The lowest BCUT2D eigenvalue weighted by atomic mass is 10.1. The van der Waals surface area contributed by atoms with Crippen molar-refractivity contribution in [2.75, 3.05) is 58.9 Å². The van der Waals surface area contributed by atoms with Gasteiger partial charge in [-0.3, -0.25) is 14.5 Å². The molecule has 8 nitrogen and oxygen atoms in total. The Balaban J connectivity index is 1.75. The average Bonchev–Trinajstić information content (AvgIpc) is 3.03. The van der Waals surface area contributed by atoms with Gasteiger partial charge in [0.15, 0.2) is 0 Å². The fraction of sp³-hybridized carbons (Fsp3) is 0.429. The molecule has 0 spiro atoms. The summed E-state index contributed by atoms with van der Waals surface area (Å²) in [5, 5.41) is 0. The van der Waals surface area contributed by atoms with Gasteiger partial charge in [-0.05, 0) is 83.2 Å². The highest BCUT2D eigenvalue weighted by Gasteiger charge is 2.27. The van der Waals surface area contributed by atoms with Gasteiger partial charge in [0, 0.05) is 62.1 Å². The van der Waals surface area contributed by atoms with E-state index in [-0.39, 0.29) is 11.8 Å². The summed E-state index contributed by atoms with van der Waals surface area (Å²) >= 11 is 0. The molecule has 0 N–H and O–H groups in total. The van der Waals surface area contributed by atoms with E-state index in [1.54, 1.807) is 7.11 Å². The first-order valence-electron chi connectivity index (χ1n) is 15.2. The largest absolute Gasteiger partial charge is 0.496 e. The Morgan fingerprint density at radius 2 is 1.63 bits per heavy atom. The fourth-order valence-corrected chi connectivity index (χ4v) is 5.64. The number of rotatable bonds is 8. The molecule has 3 aromatic carbocycles. The first-order chi connectivity index (χ1) is 20.7. The van der Waals surface area contributed by atoms with E-state index in [2.05, 4.69) is 23.6 Å². The number of carbonyl (C=O) groups excluding carboxylic acids is 2. The fourth-order valence-electron chi connectivity index (χ4n) is 5.64. The number of nitrogens with zero attached hydrogens (tertiary/aromatic N) is 4. The lowest BCUT2D eigenvalue weighted by Gasteiger charge is -2.30. The lowest BCUT2D eigenvalue weighted by molar-refractivity contribution is 0.0711. The molecule has 0 fully saturated rings. The maximum atomic E-state index is 14.2. The minimum absolute atomic E-state index is 0.0417. The molecular formula is C35H46N4O4. The number of hydrogen-bond donors (Lipinski definition) is 0. The SMILES string of the molecule is CCOc1ccccc1C(=O)N1CCCN(C(C)C)CCN(C(=O)c2ccc(OC)c(CN(C)C)c2)Cc2ccccc21. The molecule has 0 aliphatic carbocycles. The Morgan fingerprint density at radius 1 is 0.884 bits per heavy atom. The number of anilines is 1. The molecular weight excluding hydrogens is 540 g/mol. The second-order valence-electron chi connectivity index (χ2n) is 11.5. The highest BCUT2D eigenvalue weighted by atomic mass is 16.5. The molecule has 1 aliphatic rings. The smallest absolute Gasteiger partial charge is 0.262 e. The molecule has 2 amide bonds. The number of para-hydroxylation sites is 2. The predicted molar refractivity (Wildman–Crippen MR) is 172 cm³/mol. The van der Waals surface area contributed by atoms with Crippen molar-refractivity contribution in [3.63, 3.8) is 0 Å². The third-order valence-electron chi connectivity index (χ3n) is 7.82. The van der Waals surface area contributed by atoms with Crippen molar-refractivity contribution in [2.24, 2.45) is 0 Å². The normalized spacial score (nSPS) is 14.8. The van der Waals surface area contributed by atoms with Crippen LogP contribution in [-0.4, -0.2) is 86.5 Å². The van der Waals surface area contributed by atoms with Gasteiger partial charge in [-0.2, -0.15) is 0 Å². The second kappa shape index (κ2) is 15.0. The highest BCUT2D eigenvalue weighted by molar-refractivity contribution is 6.08. The third kappa shape index (κ3) is 7.94. The minimum atomic E-state index is -0.104. The summed E-state index contributed by atoms with van der Waals surface area (Å²) in [6, 6.07) is 21.3. The standard InChI is InChI=1S/C35H46N4O4/c1-7-43-33-16-11-9-14-30(33)35(41)39-20-12-19-37(26(2)3)21-22-38(25-28-13-8-10-15-31(28)39)34(40)27-17-18-32(42-6)29(23-27)24-36(4)5/h8-11,13-18,23,26H,7,12,19-22,24-25H2,1-6H3. The van der Waals surface area contributed by atoms with Crippen LogP contribution in [0.1, 0.15) is 59.0 Å². The summed E-state index contributed by atoms with van der Waals surface area (Å²) in [5.74, 6) is 1.20. The quantitative estimate of drug-likeness (QED) is 0.345. The molecule has 0 aromatic heterocycles. The Labute approximate surface area is 256 Å². The van der Waals surface area contributed by atoms with E-state index in [1.807, 2.05) is 97.5 Å². The van der Waals surface area contributed by atoms with Crippen molar-refractivity contribution in [3.8, 4) is 11.5 Å². The van der Waals surface area contributed by atoms with Crippen LogP contribution in [0.3, 0.4) is 0 Å². The second-order valence-corrected chi connectivity index (χ2v) is 11.5. The van der Waals surface area contributed by atoms with E-state index >= 15 is 0 Å². The van der Waals surface area contributed by atoms with Crippen LogP contribution in [-0.2, 0) is 13.1 Å². The van der Waals surface area contributed by atoms with E-state index < -0.39 is 0 Å². The zero-order valence-corrected chi connectivity index (χ0v) is 26.5. The van der Waals surface area contributed by atoms with Gasteiger partial charge in [-0.1, -0.05) is 30.3 Å². The average molecular weight is 587 g/mol. The van der Waals surface area contributed by atoms with Gasteiger partial charge in [0.1, 0.15) is 11.5 Å². The summed E-state index contributed by atoms with van der Waals surface area (Å²) < 4.78 is 11.4. The van der Waals surface area contributed by atoms with E-state index in [1.165, 1.54) is 0 Å². The molecule has 1 heterocycles. The van der Waals surface area contributed by atoms with Crippen LogP contribution < -0.4 is 14.4 Å². The van der Waals surface area contributed by atoms with Gasteiger partial charge >= 0.3 is 0 Å². The number of benzene rings is 3. The number of amides is 2. The first-order valence-corrected chi connectivity index (χ1v) is 15.2. The van der Waals surface area contributed by atoms with Crippen molar-refractivity contribution in [3.05, 3.63) is 89.0 Å². The molecule has 0 saturated carbocycles. The molecule has 0 radical (unpaired) electrons. The van der Waals surface area contributed by atoms with Crippen LogP contribution in [0.4, 0.5) is 5.69 Å². The molecule has 1 aliphatic heterocycles. The van der Waals surface area contributed by atoms with Gasteiger partial charge in [0.2, 0.25) is 0 Å². The van der Waals surface area contributed by atoms with Crippen molar-refractivity contribution >= 4 is 17.5 Å². The van der Waals surface area contributed by atoms with Gasteiger partial charge in [-0.15, -0.1) is 0 Å². The van der Waals surface area contributed by atoms with Crippen LogP contribution in [0.2, 0.25) is 0 Å². The van der Waals surface area contributed by atoms with Crippen LogP contribution in [0.15, 0.2) is 66.7 Å². The van der Waals surface area contributed by atoms with E-state index in [0.29, 0.717) is 55.7 Å². The molecule has 8 heteroatoms. The number of hydrogen-bond acceptors (Lipinski definition) is 6. The van der Waals surface area contributed by atoms with Crippen molar-refractivity contribution in [1.82, 2.24) is 14.7 Å². The van der Waals surface area contributed by atoms with Gasteiger partial charge in [0.25, 0.3) is 11.8 Å². The number of fused-ring (bicyclic) bond motifs is 1. The Morgan fingerprint density at radius 3 is 2.35 bits per heavy atom. The summed E-state index contributed by atoms with van der Waals surface area (Å²) in [6.07, 6.45) is 0.801. The van der Waals surface area contributed by atoms with Gasteiger partial charge < -0.3 is 24.2 Å². The molecule has 0 atom stereocenters. The maximum Gasteiger partial charge on any atom is 0.262 e. The third-order valence-corrected chi connectivity index (χ3v) is 7.82. The van der Waals surface area contributed by atoms with Crippen molar-refractivity contribution in [1.29, 1.82) is 0 Å². The molecule has 43 heavy (non-hydrogen) atoms. The summed E-state index contributed by atoms with van der Waals surface area (Å²) in [7, 11) is 5.65. The highest BCUT2D eigenvalue weighted by Crippen LogP contribution is 2.29. The zero-order valence-electron chi connectivity index (χ0n) is 26.5. The molecule has 0 bridgehead atoms. The molecule has 0 saturated heterocycles. The Hall–Kier alpha value is -3.88. The van der Waals surface area contributed by atoms with E-state index in [9.17, 15) is 9.59 Å². The van der Waals surface area contributed by atoms with Crippen LogP contribution in [0.5, 0.6) is 11.5 Å². The Kier molecular flexibility index (Phi) is 11.2. The number of methoxy groups -OCH3 is 1. The van der Waals surface area contributed by atoms with Crippen molar-refractivity contribution in [2.45, 2.75) is 46.3 Å². The maximum absolute atomic E-state index is 14.2. The summed E-state index contributed by atoms with van der Waals surface area (Å²) in [5.41, 5.74) is 3.87. The van der Waals surface area contributed by atoms with Crippen LogP contribution >= 0.6 is 0 Å². The molecule has 3 aromatic rings. The van der Waals surface area contributed by atoms with Gasteiger partial charge in [-0.25, -0.2) is 0 Å². The molecule has 4 rings (SSSR count). The Bertz CT molecular complexity index is 1390. The number of ether oxygens (including phenoxy) is 2. The zero-order chi connectivity index (χ0) is 30.9. The van der Waals surface area contributed by atoms with Crippen molar-refractivity contribution < 1.29 is 19.1 Å². The molecule has 0 unspecified atom stereocenters. The van der Waals surface area contributed by atoms with Gasteiger partial charge in [0.05, 0.1) is 19.3 Å².